The maximum absolute atomic E-state index is 13.3. The standard InChI is InChI=1S/C13H10F3NO/c14-9-6-11(16)13(17-7-9)12(18)5-8-3-1-2-4-10(8)15/h1-4,6-7,12,18H,5H2. The molecule has 2 nitrogen and oxygen atoms in total. The molecular weight excluding hydrogens is 243 g/mol. The minimum atomic E-state index is -1.32. The molecule has 1 atom stereocenters. The topological polar surface area (TPSA) is 33.1 Å². The first-order chi connectivity index (χ1) is 8.58. The Bertz CT molecular complexity index is 560. The Morgan fingerprint density at radius 3 is 2.50 bits per heavy atom. The van der Waals surface area contributed by atoms with E-state index in [0.717, 1.165) is 6.20 Å². The van der Waals surface area contributed by atoms with Crippen molar-refractivity contribution in [1.29, 1.82) is 0 Å². The Kier molecular flexibility index (Phi) is 3.62. The lowest BCUT2D eigenvalue weighted by atomic mass is 10.0. The molecule has 0 saturated heterocycles. The maximum atomic E-state index is 13.3. The van der Waals surface area contributed by atoms with Crippen LogP contribution >= 0.6 is 0 Å². The molecule has 1 aromatic heterocycles. The highest BCUT2D eigenvalue weighted by molar-refractivity contribution is 5.21. The van der Waals surface area contributed by atoms with E-state index in [1.165, 1.54) is 18.2 Å². The SMILES string of the molecule is OC(Cc1ccccc1F)c1ncc(F)cc1F. The molecule has 1 N–H and O–H groups in total. The molecule has 94 valence electrons. The average Bonchev–Trinajstić information content (AvgIpc) is 2.32. The first-order valence-electron chi connectivity index (χ1n) is 5.30. The quantitative estimate of drug-likeness (QED) is 0.912. The lowest BCUT2D eigenvalue weighted by Gasteiger charge is -2.11. The van der Waals surface area contributed by atoms with E-state index in [1.54, 1.807) is 6.07 Å². The van der Waals surface area contributed by atoms with Crippen LogP contribution in [0, 0.1) is 17.5 Å². The summed E-state index contributed by atoms with van der Waals surface area (Å²) < 4.78 is 39.4. The van der Waals surface area contributed by atoms with Gasteiger partial charge in [0.05, 0.1) is 6.20 Å². The zero-order valence-electron chi connectivity index (χ0n) is 9.28. The molecular formula is C13H10F3NO. The second kappa shape index (κ2) is 5.18. The van der Waals surface area contributed by atoms with Gasteiger partial charge in [-0.25, -0.2) is 13.2 Å². The highest BCUT2D eigenvalue weighted by Crippen LogP contribution is 2.20. The fourth-order valence-electron chi connectivity index (χ4n) is 1.64. The van der Waals surface area contributed by atoms with Gasteiger partial charge in [0.15, 0.2) is 0 Å². The van der Waals surface area contributed by atoms with Crippen molar-refractivity contribution >= 4 is 0 Å². The van der Waals surface area contributed by atoms with E-state index < -0.39 is 23.6 Å². The van der Waals surface area contributed by atoms with Gasteiger partial charge in [0.25, 0.3) is 0 Å². The summed E-state index contributed by atoms with van der Waals surface area (Å²) in [5.41, 5.74) is -0.0461. The van der Waals surface area contributed by atoms with E-state index in [2.05, 4.69) is 4.98 Å². The van der Waals surface area contributed by atoms with Crippen molar-refractivity contribution in [2.24, 2.45) is 0 Å². The molecule has 0 amide bonds. The summed E-state index contributed by atoms with van der Waals surface area (Å²) in [6, 6.07) is 6.49. The first-order valence-corrected chi connectivity index (χ1v) is 5.30. The van der Waals surface area contributed by atoms with Gasteiger partial charge in [-0.1, -0.05) is 18.2 Å². The minimum Gasteiger partial charge on any atom is -0.386 e. The lowest BCUT2D eigenvalue weighted by molar-refractivity contribution is 0.166. The van der Waals surface area contributed by atoms with Crippen LogP contribution in [0.3, 0.4) is 0 Å². The summed E-state index contributed by atoms with van der Waals surface area (Å²) in [6.07, 6.45) is -0.631. The Morgan fingerprint density at radius 2 is 1.83 bits per heavy atom. The molecule has 1 aromatic carbocycles. The molecule has 0 aliphatic heterocycles. The molecule has 0 fully saturated rings. The van der Waals surface area contributed by atoms with E-state index in [4.69, 9.17) is 0 Å². The van der Waals surface area contributed by atoms with Gasteiger partial charge in [-0.2, -0.15) is 0 Å². The molecule has 5 heteroatoms. The molecule has 2 aromatic rings. The number of aromatic nitrogens is 1. The van der Waals surface area contributed by atoms with Gasteiger partial charge in [-0.3, -0.25) is 4.98 Å². The molecule has 0 aliphatic carbocycles. The van der Waals surface area contributed by atoms with Crippen molar-refractivity contribution in [3.63, 3.8) is 0 Å². The Balaban J connectivity index is 2.22. The van der Waals surface area contributed by atoms with Crippen LogP contribution in [0.4, 0.5) is 13.2 Å². The zero-order valence-corrected chi connectivity index (χ0v) is 9.28. The summed E-state index contributed by atoms with van der Waals surface area (Å²) in [7, 11) is 0. The molecule has 0 radical (unpaired) electrons. The van der Waals surface area contributed by atoms with Gasteiger partial charge in [-0.15, -0.1) is 0 Å². The molecule has 1 unspecified atom stereocenters. The maximum Gasteiger partial charge on any atom is 0.150 e. The minimum absolute atomic E-state index is 0.123. The summed E-state index contributed by atoms with van der Waals surface area (Å²) >= 11 is 0. The van der Waals surface area contributed by atoms with Gasteiger partial charge in [0, 0.05) is 12.5 Å². The highest BCUT2D eigenvalue weighted by atomic mass is 19.1. The Labute approximate surface area is 102 Å². The van der Waals surface area contributed by atoms with Crippen LogP contribution in [0.2, 0.25) is 0 Å². The fraction of sp³-hybridized carbons (Fsp3) is 0.154. The summed E-state index contributed by atoms with van der Waals surface area (Å²) in [4.78, 5) is 3.48. The average molecular weight is 253 g/mol. The predicted octanol–water partition coefficient (Wildman–Crippen LogP) is 2.78. The number of aliphatic hydroxyl groups excluding tert-OH is 1. The van der Waals surface area contributed by atoms with Crippen molar-refractivity contribution in [2.75, 3.05) is 0 Å². The van der Waals surface area contributed by atoms with Crippen LogP contribution in [0.5, 0.6) is 0 Å². The molecule has 0 aliphatic rings. The van der Waals surface area contributed by atoms with E-state index in [0.29, 0.717) is 6.07 Å². The van der Waals surface area contributed by atoms with Gasteiger partial charge >= 0.3 is 0 Å². The summed E-state index contributed by atoms with van der Waals surface area (Å²) in [6.45, 7) is 0. The third-order valence-corrected chi connectivity index (χ3v) is 2.52. The van der Waals surface area contributed by atoms with Crippen molar-refractivity contribution in [3.8, 4) is 0 Å². The van der Waals surface area contributed by atoms with Crippen LogP contribution in [0.25, 0.3) is 0 Å². The van der Waals surface area contributed by atoms with Crippen LogP contribution < -0.4 is 0 Å². The number of hydrogen-bond acceptors (Lipinski definition) is 2. The highest BCUT2D eigenvalue weighted by Gasteiger charge is 2.17. The van der Waals surface area contributed by atoms with Gasteiger partial charge in [-0.05, 0) is 11.6 Å². The molecule has 0 saturated carbocycles. The van der Waals surface area contributed by atoms with E-state index in [9.17, 15) is 18.3 Å². The van der Waals surface area contributed by atoms with Gasteiger partial charge in [0.1, 0.15) is 29.2 Å². The number of nitrogens with zero attached hydrogens (tertiary/aromatic N) is 1. The molecule has 18 heavy (non-hydrogen) atoms. The first kappa shape index (κ1) is 12.6. The van der Waals surface area contributed by atoms with Crippen LogP contribution in [0.15, 0.2) is 36.5 Å². The number of pyridine rings is 1. The number of hydrogen-bond donors (Lipinski definition) is 1. The monoisotopic (exact) mass is 253 g/mol. The van der Waals surface area contributed by atoms with Crippen molar-refractivity contribution in [3.05, 3.63) is 65.2 Å². The van der Waals surface area contributed by atoms with Gasteiger partial charge in [0.2, 0.25) is 0 Å². The second-order valence-corrected chi connectivity index (χ2v) is 3.83. The Hall–Kier alpha value is -1.88. The normalized spacial score (nSPS) is 12.4. The summed E-state index contributed by atoms with van der Waals surface area (Å²) in [5.74, 6) is -2.26. The molecule has 0 bridgehead atoms. The number of halogens is 3. The summed E-state index contributed by atoms with van der Waals surface area (Å²) in [5, 5.41) is 9.78. The van der Waals surface area contributed by atoms with Crippen LogP contribution in [-0.4, -0.2) is 10.1 Å². The van der Waals surface area contributed by atoms with Crippen molar-refractivity contribution in [2.45, 2.75) is 12.5 Å². The van der Waals surface area contributed by atoms with E-state index in [-0.39, 0.29) is 17.7 Å². The zero-order chi connectivity index (χ0) is 13.1. The number of benzene rings is 1. The van der Waals surface area contributed by atoms with Crippen LogP contribution in [-0.2, 0) is 6.42 Å². The Morgan fingerprint density at radius 1 is 1.11 bits per heavy atom. The molecule has 1 heterocycles. The smallest absolute Gasteiger partial charge is 0.150 e. The largest absolute Gasteiger partial charge is 0.386 e. The number of aliphatic hydroxyl groups is 1. The fourth-order valence-corrected chi connectivity index (χ4v) is 1.64. The lowest BCUT2D eigenvalue weighted by Crippen LogP contribution is -2.08. The third-order valence-electron chi connectivity index (χ3n) is 2.52. The predicted molar refractivity (Wildman–Crippen MR) is 59.2 cm³/mol. The van der Waals surface area contributed by atoms with E-state index >= 15 is 0 Å². The third kappa shape index (κ3) is 2.68. The van der Waals surface area contributed by atoms with Gasteiger partial charge < -0.3 is 5.11 Å². The number of rotatable bonds is 3. The molecule has 0 spiro atoms. The van der Waals surface area contributed by atoms with Crippen LogP contribution in [0.1, 0.15) is 17.4 Å². The van der Waals surface area contributed by atoms with Crippen molar-refractivity contribution < 1.29 is 18.3 Å². The second-order valence-electron chi connectivity index (χ2n) is 3.83. The van der Waals surface area contributed by atoms with E-state index in [1.807, 2.05) is 0 Å². The van der Waals surface area contributed by atoms with Crippen molar-refractivity contribution in [1.82, 2.24) is 4.98 Å². The molecule has 2 rings (SSSR count).